The van der Waals surface area contributed by atoms with Crippen LogP contribution in [0.15, 0.2) is 76.2 Å². The summed E-state index contributed by atoms with van der Waals surface area (Å²) in [5.41, 5.74) is 12.6. The summed E-state index contributed by atoms with van der Waals surface area (Å²) in [5.74, 6) is -0.0191. The number of rotatable bonds is 12. The summed E-state index contributed by atoms with van der Waals surface area (Å²) in [7, 11) is 1.56. The predicted molar refractivity (Wildman–Crippen MR) is 169 cm³/mol. The topological polar surface area (TPSA) is 113 Å². The average Bonchev–Trinajstić information content (AvgIpc) is 3.39. The van der Waals surface area contributed by atoms with E-state index in [-0.39, 0.29) is 34.9 Å². The molecule has 43 heavy (non-hydrogen) atoms. The van der Waals surface area contributed by atoms with Gasteiger partial charge in [0, 0.05) is 41.1 Å². The van der Waals surface area contributed by atoms with Crippen LogP contribution in [0.3, 0.4) is 0 Å². The van der Waals surface area contributed by atoms with Crippen molar-refractivity contribution in [3.63, 3.8) is 0 Å². The third-order valence-corrected chi connectivity index (χ3v) is 8.19. The van der Waals surface area contributed by atoms with Crippen LogP contribution in [0.1, 0.15) is 37.1 Å². The van der Waals surface area contributed by atoms with E-state index in [0.717, 1.165) is 11.3 Å². The van der Waals surface area contributed by atoms with E-state index >= 15 is 4.39 Å². The first kappa shape index (κ1) is 32.1. The average molecular weight is 648 g/mol. The van der Waals surface area contributed by atoms with Gasteiger partial charge in [0.25, 0.3) is 0 Å². The molecule has 0 amide bonds. The number of guanidine groups is 1. The van der Waals surface area contributed by atoms with E-state index in [2.05, 4.69) is 15.2 Å². The molecule has 226 valence electrons. The maximum atomic E-state index is 15.2. The van der Waals surface area contributed by atoms with Gasteiger partial charge in [-0.3, -0.25) is 4.57 Å². The summed E-state index contributed by atoms with van der Waals surface area (Å²) in [6, 6.07) is 14.5. The highest BCUT2D eigenvalue weighted by molar-refractivity contribution is 7.98. The molecular formula is C30H30Cl2F2N6O2S. The second kappa shape index (κ2) is 14.1. The Balaban J connectivity index is 1.60. The van der Waals surface area contributed by atoms with Crippen LogP contribution in [0.2, 0.25) is 10.0 Å². The van der Waals surface area contributed by atoms with Crippen molar-refractivity contribution in [3.05, 3.63) is 99.3 Å². The lowest BCUT2D eigenvalue weighted by atomic mass is 9.81. The predicted octanol–water partition coefficient (Wildman–Crippen LogP) is 7.11. The molecule has 4 aromatic rings. The molecule has 0 saturated heterocycles. The van der Waals surface area contributed by atoms with Crippen molar-refractivity contribution in [2.75, 3.05) is 13.7 Å². The normalized spacial score (nSPS) is 11.6. The molecule has 1 aromatic heterocycles. The second-order valence-electron chi connectivity index (χ2n) is 9.83. The third kappa shape index (κ3) is 7.78. The molecule has 0 radical (unpaired) electrons. The van der Waals surface area contributed by atoms with Crippen LogP contribution in [0.25, 0.3) is 5.69 Å². The van der Waals surface area contributed by atoms with Gasteiger partial charge in [-0.2, -0.15) is 5.10 Å². The first-order chi connectivity index (χ1) is 20.5. The van der Waals surface area contributed by atoms with E-state index in [1.165, 1.54) is 36.2 Å². The SMILES string of the molecule is COc1cc(C(C)(C)c2cnc(SCc3c(F)cc(OCC/C=N/N=C(N)N)cc3Cl)n2-c2ccc(F)cc2)ccc1Cl. The maximum Gasteiger partial charge on any atom is 0.211 e. The molecule has 0 aliphatic heterocycles. The highest BCUT2D eigenvalue weighted by Gasteiger charge is 2.30. The van der Waals surface area contributed by atoms with Crippen LogP contribution < -0.4 is 20.9 Å². The first-order valence-electron chi connectivity index (χ1n) is 13.0. The van der Waals surface area contributed by atoms with Crippen molar-refractivity contribution in [2.45, 2.75) is 36.6 Å². The third-order valence-electron chi connectivity index (χ3n) is 6.56. The zero-order valence-corrected chi connectivity index (χ0v) is 26.0. The second-order valence-corrected chi connectivity index (χ2v) is 11.6. The smallest absolute Gasteiger partial charge is 0.211 e. The number of hydrogen-bond donors (Lipinski definition) is 2. The number of methoxy groups -OCH3 is 1. The van der Waals surface area contributed by atoms with Gasteiger partial charge in [-0.15, -0.1) is 5.10 Å². The Bertz CT molecular complexity index is 1620. The van der Waals surface area contributed by atoms with E-state index in [9.17, 15) is 4.39 Å². The van der Waals surface area contributed by atoms with Crippen molar-refractivity contribution in [1.29, 1.82) is 0 Å². The fourth-order valence-corrected chi connectivity index (χ4v) is 5.81. The number of nitrogens with two attached hydrogens (primary N) is 2. The van der Waals surface area contributed by atoms with Gasteiger partial charge in [-0.05, 0) is 48.0 Å². The molecule has 13 heteroatoms. The van der Waals surface area contributed by atoms with Crippen LogP contribution in [-0.4, -0.2) is 35.4 Å². The van der Waals surface area contributed by atoms with Crippen molar-refractivity contribution in [1.82, 2.24) is 9.55 Å². The zero-order valence-electron chi connectivity index (χ0n) is 23.7. The highest BCUT2D eigenvalue weighted by atomic mass is 35.5. The lowest BCUT2D eigenvalue weighted by molar-refractivity contribution is 0.328. The quantitative estimate of drug-likeness (QED) is 0.0557. The fraction of sp³-hybridized carbons (Fsp3) is 0.233. The molecule has 0 fully saturated rings. The number of aromatic nitrogens is 2. The summed E-state index contributed by atoms with van der Waals surface area (Å²) >= 11 is 14.1. The van der Waals surface area contributed by atoms with Crippen molar-refractivity contribution in [3.8, 4) is 17.2 Å². The minimum absolute atomic E-state index is 0.151. The number of imidazole rings is 1. The summed E-state index contributed by atoms with van der Waals surface area (Å²) in [6.07, 6.45) is 3.64. The number of nitrogens with zero attached hydrogens (tertiary/aromatic N) is 4. The molecule has 0 spiro atoms. The zero-order chi connectivity index (χ0) is 31.1. The summed E-state index contributed by atoms with van der Waals surface area (Å²) in [4.78, 5) is 4.68. The molecule has 0 aliphatic rings. The molecule has 0 saturated carbocycles. The molecule has 1 heterocycles. The molecule has 3 aromatic carbocycles. The minimum Gasteiger partial charge on any atom is -0.495 e. The Hall–Kier alpha value is -3.80. The van der Waals surface area contributed by atoms with Gasteiger partial charge >= 0.3 is 0 Å². The molecule has 0 unspecified atom stereocenters. The number of thioether (sulfide) groups is 1. The first-order valence-corrected chi connectivity index (χ1v) is 14.8. The Morgan fingerprint density at radius 3 is 2.49 bits per heavy atom. The molecule has 0 atom stereocenters. The molecule has 0 bridgehead atoms. The Labute approximate surface area is 262 Å². The molecule has 8 nitrogen and oxygen atoms in total. The van der Waals surface area contributed by atoms with Gasteiger partial charge in [0.1, 0.15) is 23.1 Å². The van der Waals surface area contributed by atoms with Crippen molar-refractivity contribution < 1.29 is 18.3 Å². The van der Waals surface area contributed by atoms with Gasteiger partial charge in [-0.25, -0.2) is 13.8 Å². The van der Waals surface area contributed by atoms with E-state index in [4.69, 9.17) is 44.1 Å². The standard InChI is InChI=1S/C30H30Cl2F2N6O2S/c1-30(2,18-5-10-23(31)26(13-18)41-3)27-16-37-29(40(27)20-8-6-19(33)7-9-20)43-17-22-24(32)14-21(15-25(22)34)42-12-4-11-38-39-28(35)36/h5-11,13-16H,4,12,17H2,1-3H3,(H4,35,36,39)/b38-11+. The Kier molecular flexibility index (Phi) is 10.5. The molecule has 4 N–H and O–H groups in total. The lowest BCUT2D eigenvalue weighted by Gasteiger charge is -2.28. The minimum atomic E-state index is -0.575. The Morgan fingerprint density at radius 2 is 1.81 bits per heavy atom. The van der Waals surface area contributed by atoms with E-state index in [1.54, 1.807) is 37.6 Å². The van der Waals surface area contributed by atoms with E-state index in [1.807, 2.05) is 30.5 Å². The van der Waals surface area contributed by atoms with Gasteiger partial charge < -0.3 is 20.9 Å². The van der Waals surface area contributed by atoms with Crippen LogP contribution >= 0.6 is 35.0 Å². The summed E-state index contributed by atoms with van der Waals surface area (Å²) < 4.78 is 42.0. The number of benzene rings is 3. The molecule has 4 rings (SSSR count). The Morgan fingerprint density at radius 1 is 1.07 bits per heavy atom. The van der Waals surface area contributed by atoms with Gasteiger partial charge in [0.2, 0.25) is 5.96 Å². The van der Waals surface area contributed by atoms with E-state index < -0.39 is 11.2 Å². The molecular weight excluding hydrogens is 617 g/mol. The largest absolute Gasteiger partial charge is 0.495 e. The number of halogens is 4. The van der Waals surface area contributed by atoms with E-state index in [0.29, 0.717) is 33.6 Å². The maximum absolute atomic E-state index is 15.2. The van der Waals surface area contributed by atoms with Gasteiger partial charge in [0.15, 0.2) is 5.16 Å². The number of hydrogen-bond acceptors (Lipinski definition) is 6. The lowest BCUT2D eigenvalue weighted by Crippen LogP contribution is -2.23. The van der Waals surface area contributed by atoms with Crippen LogP contribution in [0, 0.1) is 11.6 Å². The van der Waals surface area contributed by atoms with Gasteiger partial charge in [0.05, 0.1) is 35.7 Å². The monoisotopic (exact) mass is 646 g/mol. The van der Waals surface area contributed by atoms with Crippen molar-refractivity contribution in [2.24, 2.45) is 21.7 Å². The summed E-state index contributed by atoms with van der Waals surface area (Å²) in [5, 5.41) is 8.46. The summed E-state index contributed by atoms with van der Waals surface area (Å²) in [6.45, 7) is 4.31. The fourth-order valence-electron chi connectivity index (χ4n) is 4.25. The molecule has 0 aliphatic carbocycles. The van der Waals surface area contributed by atoms with Gasteiger partial charge in [-0.1, -0.05) is 54.9 Å². The number of ether oxygens (including phenoxy) is 2. The van der Waals surface area contributed by atoms with Crippen molar-refractivity contribution >= 4 is 47.1 Å². The van der Waals surface area contributed by atoms with Crippen LogP contribution in [0.4, 0.5) is 8.78 Å². The van der Waals surface area contributed by atoms with Crippen LogP contribution in [0.5, 0.6) is 11.5 Å². The highest BCUT2D eigenvalue weighted by Crippen LogP contribution is 2.40. The van der Waals surface area contributed by atoms with Crippen LogP contribution in [-0.2, 0) is 11.2 Å².